The zero-order chi connectivity index (χ0) is 12.4. The number of hydrogen-bond acceptors (Lipinski definition) is 3. The van der Waals surface area contributed by atoms with Crippen LogP contribution < -0.4 is 5.32 Å². The molecule has 1 saturated heterocycles. The smallest absolute Gasteiger partial charge is 0.0991 e. The number of fused-ring (bicyclic) bond motifs is 1. The Kier molecular flexibility index (Phi) is 3.01. The molecule has 1 aromatic carbocycles. The number of hydrogen-bond donors (Lipinski definition) is 2. The Bertz CT molecular complexity index is 591. The molecule has 1 aliphatic heterocycles. The predicted molar refractivity (Wildman–Crippen MR) is 69.3 cm³/mol. The van der Waals surface area contributed by atoms with Crippen LogP contribution in [0.2, 0.25) is 0 Å². The van der Waals surface area contributed by atoms with Crippen molar-refractivity contribution < 1.29 is 4.74 Å². The molecule has 0 amide bonds. The maximum absolute atomic E-state index is 8.95. The van der Waals surface area contributed by atoms with Gasteiger partial charge in [0.2, 0.25) is 0 Å². The monoisotopic (exact) mass is 241 g/mol. The Morgan fingerprint density at radius 3 is 3.17 bits per heavy atom. The van der Waals surface area contributed by atoms with E-state index in [1.54, 1.807) is 0 Å². The van der Waals surface area contributed by atoms with Gasteiger partial charge in [0.05, 0.1) is 24.8 Å². The number of benzene rings is 1. The highest BCUT2D eigenvalue weighted by atomic mass is 16.5. The molecule has 2 N–H and O–H groups in total. The Morgan fingerprint density at radius 1 is 1.44 bits per heavy atom. The number of nitriles is 1. The molecule has 3 rings (SSSR count). The van der Waals surface area contributed by atoms with Crippen molar-refractivity contribution in [3.63, 3.8) is 0 Å². The van der Waals surface area contributed by atoms with E-state index in [1.807, 2.05) is 24.4 Å². The van der Waals surface area contributed by atoms with E-state index in [1.165, 1.54) is 5.56 Å². The van der Waals surface area contributed by atoms with Crippen molar-refractivity contribution in [1.29, 1.82) is 5.26 Å². The fourth-order valence-corrected chi connectivity index (χ4v) is 2.43. The summed E-state index contributed by atoms with van der Waals surface area (Å²) in [5.74, 6) is 0. The molecule has 0 bridgehead atoms. The van der Waals surface area contributed by atoms with Crippen LogP contribution in [0.25, 0.3) is 10.9 Å². The minimum Gasteiger partial charge on any atom is -0.379 e. The van der Waals surface area contributed by atoms with Crippen molar-refractivity contribution in [2.75, 3.05) is 19.8 Å². The van der Waals surface area contributed by atoms with Gasteiger partial charge in [-0.05, 0) is 30.2 Å². The third kappa shape index (κ3) is 2.10. The highest BCUT2D eigenvalue weighted by molar-refractivity contribution is 5.84. The number of nitrogens with one attached hydrogen (secondary N) is 2. The number of nitrogens with zero attached hydrogens (tertiary/aromatic N) is 1. The van der Waals surface area contributed by atoms with Gasteiger partial charge < -0.3 is 15.0 Å². The lowest BCUT2D eigenvalue weighted by molar-refractivity contribution is 0.0771. The van der Waals surface area contributed by atoms with E-state index in [4.69, 9.17) is 10.00 Å². The van der Waals surface area contributed by atoms with E-state index < -0.39 is 0 Å². The fourth-order valence-electron chi connectivity index (χ4n) is 2.43. The van der Waals surface area contributed by atoms with Gasteiger partial charge >= 0.3 is 0 Å². The third-order valence-corrected chi connectivity index (χ3v) is 3.36. The Morgan fingerprint density at radius 2 is 2.39 bits per heavy atom. The van der Waals surface area contributed by atoms with Crippen LogP contribution in [0, 0.1) is 11.3 Å². The second-order valence-electron chi connectivity index (χ2n) is 4.62. The molecule has 2 aromatic rings. The Labute approximate surface area is 106 Å². The van der Waals surface area contributed by atoms with E-state index in [0.717, 1.165) is 37.1 Å². The topological polar surface area (TPSA) is 60.8 Å². The molecule has 0 unspecified atom stereocenters. The van der Waals surface area contributed by atoms with Crippen molar-refractivity contribution in [3.8, 4) is 6.07 Å². The lowest BCUT2D eigenvalue weighted by Gasteiger charge is -2.23. The fraction of sp³-hybridized carbons (Fsp3) is 0.357. The van der Waals surface area contributed by atoms with Crippen LogP contribution in [0.1, 0.15) is 11.1 Å². The molecule has 92 valence electrons. The van der Waals surface area contributed by atoms with Gasteiger partial charge in [-0.2, -0.15) is 5.26 Å². The SMILES string of the molecule is N#Cc1ccc2[nH]cc(C[C@H]3COCCN3)c2c1. The van der Waals surface area contributed by atoms with Crippen molar-refractivity contribution in [1.82, 2.24) is 10.3 Å². The number of H-pyrrole nitrogens is 1. The first-order valence-electron chi connectivity index (χ1n) is 6.18. The summed E-state index contributed by atoms with van der Waals surface area (Å²) < 4.78 is 5.46. The van der Waals surface area contributed by atoms with Gasteiger partial charge in [-0.25, -0.2) is 0 Å². The first kappa shape index (κ1) is 11.3. The quantitative estimate of drug-likeness (QED) is 0.839. The van der Waals surface area contributed by atoms with Crippen LogP contribution in [-0.4, -0.2) is 30.8 Å². The van der Waals surface area contributed by atoms with E-state index in [9.17, 15) is 0 Å². The molecule has 4 heteroatoms. The number of ether oxygens (including phenoxy) is 1. The van der Waals surface area contributed by atoms with E-state index in [2.05, 4.69) is 16.4 Å². The summed E-state index contributed by atoms with van der Waals surface area (Å²) in [6.07, 6.45) is 2.96. The van der Waals surface area contributed by atoms with Gasteiger partial charge in [0.1, 0.15) is 0 Å². The third-order valence-electron chi connectivity index (χ3n) is 3.36. The van der Waals surface area contributed by atoms with Crippen LogP contribution in [0.15, 0.2) is 24.4 Å². The molecule has 1 aliphatic rings. The first-order chi connectivity index (χ1) is 8.86. The molecule has 0 spiro atoms. The van der Waals surface area contributed by atoms with Crippen LogP contribution in [0.4, 0.5) is 0 Å². The number of aromatic nitrogens is 1. The van der Waals surface area contributed by atoms with E-state index in [0.29, 0.717) is 11.6 Å². The molecule has 2 heterocycles. The maximum Gasteiger partial charge on any atom is 0.0991 e. The number of rotatable bonds is 2. The molecule has 1 aromatic heterocycles. The van der Waals surface area contributed by atoms with Crippen LogP contribution in [0.3, 0.4) is 0 Å². The van der Waals surface area contributed by atoms with E-state index >= 15 is 0 Å². The molecule has 18 heavy (non-hydrogen) atoms. The Hall–Kier alpha value is -1.83. The lowest BCUT2D eigenvalue weighted by atomic mass is 10.0. The second-order valence-corrected chi connectivity index (χ2v) is 4.62. The van der Waals surface area contributed by atoms with Gasteiger partial charge in [0, 0.05) is 29.7 Å². The van der Waals surface area contributed by atoms with Crippen molar-refractivity contribution >= 4 is 10.9 Å². The summed E-state index contributed by atoms with van der Waals surface area (Å²) in [6.45, 7) is 2.46. The second kappa shape index (κ2) is 4.81. The molecule has 0 radical (unpaired) electrons. The van der Waals surface area contributed by atoms with Crippen LogP contribution >= 0.6 is 0 Å². The maximum atomic E-state index is 8.95. The van der Waals surface area contributed by atoms with E-state index in [-0.39, 0.29) is 0 Å². The zero-order valence-corrected chi connectivity index (χ0v) is 10.1. The van der Waals surface area contributed by atoms with Crippen LogP contribution in [0.5, 0.6) is 0 Å². The summed E-state index contributed by atoms with van der Waals surface area (Å²) in [4.78, 5) is 3.25. The summed E-state index contributed by atoms with van der Waals surface area (Å²) >= 11 is 0. The van der Waals surface area contributed by atoms with Gasteiger partial charge in [-0.15, -0.1) is 0 Å². The summed E-state index contributed by atoms with van der Waals surface area (Å²) in [6, 6.07) is 8.30. The zero-order valence-electron chi connectivity index (χ0n) is 10.1. The van der Waals surface area contributed by atoms with Gasteiger partial charge in [-0.3, -0.25) is 0 Å². The van der Waals surface area contributed by atoms with Gasteiger partial charge in [0.15, 0.2) is 0 Å². The summed E-state index contributed by atoms with van der Waals surface area (Å²) in [5, 5.41) is 13.5. The highest BCUT2D eigenvalue weighted by Gasteiger charge is 2.15. The normalized spacial score (nSPS) is 19.8. The van der Waals surface area contributed by atoms with Gasteiger partial charge in [-0.1, -0.05) is 0 Å². The number of aromatic amines is 1. The molecule has 1 fully saturated rings. The minimum atomic E-state index is 0.364. The summed E-state index contributed by atoms with van der Waals surface area (Å²) in [7, 11) is 0. The molecule has 4 nitrogen and oxygen atoms in total. The van der Waals surface area contributed by atoms with Crippen molar-refractivity contribution in [2.45, 2.75) is 12.5 Å². The average Bonchev–Trinajstić information content (AvgIpc) is 2.82. The highest BCUT2D eigenvalue weighted by Crippen LogP contribution is 2.21. The molecule has 0 saturated carbocycles. The largest absolute Gasteiger partial charge is 0.379 e. The van der Waals surface area contributed by atoms with Crippen molar-refractivity contribution in [3.05, 3.63) is 35.5 Å². The molecular weight excluding hydrogens is 226 g/mol. The standard InChI is InChI=1S/C14H15N3O/c15-7-10-1-2-14-13(5-10)11(8-17-14)6-12-9-18-4-3-16-12/h1-2,5,8,12,16-17H,3-4,6,9H2/t12-/m0/s1. The summed E-state index contributed by atoms with van der Waals surface area (Å²) in [5.41, 5.74) is 3.03. The number of morpholine rings is 1. The first-order valence-corrected chi connectivity index (χ1v) is 6.18. The van der Waals surface area contributed by atoms with Crippen LogP contribution in [-0.2, 0) is 11.2 Å². The van der Waals surface area contributed by atoms with Crippen molar-refractivity contribution in [2.24, 2.45) is 0 Å². The molecular formula is C14H15N3O. The average molecular weight is 241 g/mol. The minimum absolute atomic E-state index is 0.364. The lowest BCUT2D eigenvalue weighted by Crippen LogP contribution is -2.42. The predicted octanol–water partition coefficient (Wildman–Crippen LogP) is 1.57. The van der Waals surface area contributed by atoms with Gasteiger partial charge in [0.25, 0.3) is 0 Å². The molecule has 1 atom stereocenters. The Balaban J connectivity index is 1.89. The molecule has 0 aliphatic carbocycles.